The molecule has 6 heteroatoms. The van der Waals surface area contributed by atoms with Crippen molar-refractivity contribution in [1.82, 2.24) is 4.98 Å². The Bertz CT molecular complexity index is 753. The molecule has 116 valence electrons. The Morgan fingerprint density at radius 1 is 1.41 bits per heavy atom. The number of aromatic nitrogens is 1. The number of carbonyl (C=O) groups excluding carboxylic acids is 2. The minimum absolute atomic E-state index is 0.0270. The summed E-state index contributed by atoms with van der Waals surface area (Å²) >= 11 is 1.42. The van der Waals surface area contributed by atoms with Crippen LogP contribution in [0.1, 0.15) is 24.5 Å². The van der Waals surface area contributed by atoms with Crippen LogP contribution in [0.25, 0.3) is 10.2 Å². The molecule has 1 aliphatic rings. The van der Waals surface area contributed by atoms with Gasteiger partial charge in [-0.3, -0.25) is 14.9 Å². The number of hydrogen-bond acceptors (Lipinski definition) is 5. The van der Waals surface area contributed by atoms with Crippen LogP contribution in [0, 0.1) is 25.7 Å². The molecule has 2 aromatic rings. The zero-order valence-corrected chi connectivity index (χ0v) is 13.6. The predicted octanol–water partition coefficient (Wildman–Crippen LogP) is 3.05. The van der Waals surface area contributed by atoms with Gasteiger partial charge in [0.25, 0.3) is 5.91 Å². The molecule has 1 amide bonds. The average Bonchev–Trinajstić information content (AvgIpc) is 3.03. The molecule has 0 radical (unpaired) electrons. The van der Waals surface area contributed by atoms with Crippen molar-refractivity contribution in [3.05, 3.63) is 23.3 Å². The minimum atomic E-state index is -0.352. The number of thiazole rings is 1. The summed E-state index contributed by atoms with van der Waals surface area (Å²) in [7, 11) is 0. The quantitative estimate of drug-likeness (QED) is 0.880. The molecule has 1 aromatic heterocycles. The van der Waals surface area contributed by atoms with Crippen molar-refractivity contribution in [2.24, 2.45) is 11.8 Å². The van der Waals surface area contributed by atoms with Crippen LogP contribution in [0.5, 0.6) is 0 Å². The van der Waals surface area contributed by atoms with E-state index in [2.05, 4.69) is 16.4 Å². The number of hydrogen-bond donors (Lipinski definition) is 1. The number of esters is 1. The van der Waals surface area contributed by atoms with E-state index in [9.17, 15) is 9.59 Å². The number of nitrogens with one attached hydrogen (secondary N) is 1. The van der Waals surface area contributed by atoms with Crippen LogP contribution in [0.2, 0.25) is 0 Å². The van der Waals surface area contributed by atoms with Gasteiger partial charge in [0.2, 0.25) is 0 Å². The summed E-state index contributed by atoms with van der Waals surface area (Å²) in [5.41, 5.74) is 3.15. The number of amides is 1. The van der Waals surface area contributed by atoms with Gasteiger partial charge >= 0.3 is 5.97 Å². The van der Waals surface area contributed by atoms with Crippen LogP contribution < -0.4 is 5.32 Å². The molecule has 2 atom stereocenters. The number of ether oxygens (including phenoxy) is 1. The summed E-state index contributed by atoms with van der Waals surface area (Å²) in [6.07, 6.45) is 0.858. The van der Waals surface area contributed by atoms with Crippen molar-refractivity contribution >= 4 is 38.6 Å². The third-order valence-corrected chi connectivity index (χ3v) is 4.75. The van der Waals surface area contributed by atoms with Gasteiger partial charge in [-0.05, 0) is 43.4 Å². The lowest BCUT2D eigenvalue weighted by Gasteiger charge is -2.03. The number of carbonyl (C=O) groups is 2. The van der Waals surface area contributed by atoms with Gasteiger partial charge in [0.05, 0.1) is 16.1 Å². The zero-order chi connectivity index (χ0) is 15.9. The second-order valence-electron chi connectivity index (χ2n) is 5.92. The summed E-state index contributed by atoms with van der Waals surface area (Å²) in [5.74, 6) is -0.277. The molecular formula is C16H18N2O3S. The summed E-state index contributed by atoms with van der Waals surface area (Å²) in [6.45, 7) is 5.77. The summed E-state index contributed by atoms with van der Waals surface area (Å²) in [5, 5.41) is 3.23. The van der Waals surface area contributed by atoms with Gasteiger partial charge in [-0.15, -0.1) is 0 Å². The topological polar surface area (TPSA) is 68.3 Å². The molecule has 22 heavy (non-hydrogen) atoms. The van der Waals surface area contributed by atoms with Gasteiger partial charge in [-0.25, -0.2) is 4.98 Å². The third-order valence-electron chi connectivity index (χ3n) is 3.83. The molecule has 1 aliphatic carbocycles. The molecular weight excluding hydrogens is 300 g/mol. The standard InChI is InChI=1S/C16H18N2O3S/c1-8-4-10(3)14-12(5-8)22-16(18-14)17-13(19)7-21-15(20)11-6-9(11)2/h4-5,9,11H,6-7H2,1-3H3,(H,17,18,19)/t9-,11+/m1/s1. The Morgan fingerprint density at radius 3 is 2.82 bits per heavy atom. The van der Waals surface area contributed by atoms with E-state index >= 15 is 0 Å². The zero-order valence-electron chi connectivity index (χ0n) is 12.8. The number of fused-ring (bicyclic) bond motifs is 1. The lowest BCUT2D eigenvalue weighted by Crippen LogP contribution is -2.21. The van der Waals surface area contributed by atoms with Crippen LogP contribution in [0.15, 0.2) is 12.1 Å². The molecule has 0 spiro atoms. The Hall–Kier alpha value is -1.95. The van der Waals surface area contributed by atoms with E-state index in [-0.39, 0.29) is 24.4 Å². The highest BCUT2D eigenvalue weighted by atomic mass is 32.1. The fourth-order valence-electron chi connectivity index (χ4n) is 2.47. The summed E-state index contributed by atoms with van der Waals surface area (Å²) in [4.78, 5) is 27.9. The Balaban J connectivity index is 1.61. The number of rotatable bonds is 4. The molecule has 1 N–H and O–H groups in total. The highest BCUT2D eigenvalue weighted by Gasteiger charge is 2.40. The first-order valence-corrected chi connectivity index (χ1v) is 8.10. The van der Waals surface area contributed by atoms with Crippen molar-refractivity contribution in [2.45, 2.75) is 27.2 Å². The maximum atomic E-state index is 11.8. The van der Waals surface area contributed by atoms with Gasteiger partial charge < -0.3 is 4.74 Å². The molecule has 3 rings (SSSR count). The number of nitrogens with zero attached hydrogens (tertiary/aromatic N) is 1. The number of benzene rings is 1. The second-order valence-corrected chi connectivity index (χ2v) is 6.95. The first-order chi connectivity index (χ1) is 10.4. The minimum Gasteiger partial charge on any atom is -0.455 e. The largest absolute Gasteiger partial charge is 0.455 e. The van der Waals surface area contributed by atoms with E-state index in [0.29, 0.717) is 11.0 Å². The van der Waals surface area contributed by atoms with Gasteiger partial charge in [0.15, 0.2) is 11.7 Å². The highest BCUT2D eigenvalue weighted by molar-refractivity contribution is 7.22. The molecule has 1 heterocycles. The first kappa shape index (κ1) is 15.0. The van der Waals surface area contributed by atoms with Crippen molar-refractivity contribution in [3.8, 4) is 0 Å². The van der Waals surface area contributed by atoms with E-state index in [1.165, 1.54) is 16.9 Å². The number of aryl methyl sites for hydroxylation is 2. The predicted molar refractivity (Wildman–Crippen MR) is 86.0 cm³/mol. The fraction of sp³-hybridized carbons (Fsp3) is 0.438. The van der Waals surface area contributed by atoms with Crippen LogP contribution in [-0.4, -0.2) is 23.5 Å². The molecule has 1 fully saturated rings. The fourth-order valence-corrected chi connectivity index (χ4v) is 3.53. The SMILES string of the molecule is Cc1cc(C)c2nc(NC(=O)COC(=O)[C@H]3C[C@H]3C)sc2c1. The van der Waals surface area contributed by atoms with E-state index in [0.717, 1.165) is 22.2 Å². The molecule has 1 aromatic carbocycles. The highest BCUT2D eigenvalue weighted by Crippen LogP contribution is 2.38. The number of anilines is 1. The molecule has 0 unspecified atom stereocenters. The van der Waals surface area contributed by atoms with E-state index in [1.54, 1.807) is 0 Å². The van der Waals surface area contributed by atoms with Gasteiger partial charge in [0, 0.05) is 0 Å². The van der Waals surface area contributed by atoms with Crippen molar-refractivity contribution in [2.75, 3.05) is 11.9 Å². The van der Waals surface area contributed by atoms with Crippen molar-refractivity contribution in [3.63, 3.8) is 0 Å². The van der Waals surface area contributed by atoms with Crippen molar-refractivity contribution < 1.29 is 14.3 Å². The van der Waals surface area contributed by atoms with Crippen LogP contribution in [-0.2, 0) is 14.3 Å². The van der Waals surface area contributed by atoms with E-state index < -0.39 is 0 Å². The van der Waals surface area contributed by atoms with Gasteiger partial charge in [-0.1, -0.05) is 24.3 Å². The summed E-state index contributed by atoms with van der Waals surface area (Å²) in [6, 6.07) is 4.11. The smallest absolute Gasteiger partial charge is 0.309 e. The lowest BCUT2D eigenvalue weighted by atomic mass is 10.1. The maximum Gasteiger partial charge on any atom is 0.309 e. The third kappa shape index (κ3) is 3.11. The van der Waals surface area contributed by atoms with E-state index in [4.69, 9.17) is 4.74 Å². The maximum absolute atomic E-state index is 11.8. The van der Waals surface area contributed by atoms with E-state index in [1.807, 2.05) is 26.8 Å². The molecule has 0 aliphatic heterocycles. The van der Waals surface area contributed by atoms with Gasteiger partial charge in [0.1, 0.15) is 0 Å². The van der Waals surface area contributed by atoms with Gasteiger partial charge in [-0.2, -0.15) is 0 Å². The Labute approximate surface area is 132 Å². The monoisotopic (exact) mass is 318 g/mol. The molecule has 0 bridgehead atoms. The molecule has 5 nitrogen and oxygen atoms in total. The Morgan fingerprint density at radius 2 is 2.14 bits per heavy atom. The molecule has 0 saturated heterocycles. The van der Waals surface area contributed by atoms with Crippen LogP contribution >= 0.6 is 11.3 Å². The summed E-state index contributed by atoms with van der Waals surface area (Å²) < 4.78 is 6.05. The lowest BCUT2D eigenvalue weighted by molar-refractivity contribution is -0.148. The first-order valence-electron chi connectivity index (χ1n) is 7.28. The second kappa shape index (κ2) is 5.68. The Kier molecular flexibility index (Phi) is 3.87. The van der Waals surface area contributed by atoms with Crippen molar-refractivity contribution in [1.29, 1.82) is 0 Å². The van der Waals surface area contributed by atoms with Crippen LogP contribution in [0.4, 0.5) is 5.13 Å². The normalized spacial score (nSPS) is 20.0. The molecule has 1 saturated carbocycles. The average molecular weight is 318 g/mol. The van der Waals surface area contributed by atoms with Crippen LogP contribution in [0.3, 0.4) is 0 Å².